The van der Waals surface area contributed by atoms with Crippen LogP contribution in [0.4, 0.5) is 5.69 Å². The number of benzene rings is 1. The highest BCUT2D eigenvalue weighted by molar-refractivity contribution is 5.85. The molecule has 0 bridgehead atoms. The lowest BCUT2D eigenvalue weighted by molar-refractivity contribution is 0.248. The van der Waals surface area contributed by atoms with Gasteiger partial charge in [0.1, 0.15) is 17.6 Å². The highest BCUT2D eigenvalue weighted by atomic mass is 16.5. The average Bonchev–Trinajstić information content (AvgIpc) is 3.36. The SMILES string of the molecule is CC#Cc1nc2c3c(ncn2n1)n(CCN1CCN(c2ccc(OC)cc2)CC1)c(=O)n3C. The van der Waals surface area contributed by atoms with E-state index in [2.05, 4.69) is 48.8 Å². The first-order chi connectivity index (χ1) is 16.1. The number of ether oxygens (including phenoxy) is 1. The standard InChI is InChI=1S/C23H26N8O2/c1-4-5-19-25-22-20-21(24-16-31(22)26-19)30(23(32)27(20)2)15-12-28-10-13-29(14-11-28)17-6-8-18(33-3)9-7-17/h6-9,16H,10-15H2,1-3H3. The second-order valence-corrected chi connectivity index (χ2v) is 8.02. The van der Waals surface area contributed by atoms with E-state index in [4.69, 9.17) is 4.74 Å². The fourth-order valence-electron chi connectivity index (χ4n) is 4.33. The Morgan fingerprint density at radius 1 is 1.06 bits per heavy atom. The van der Waals surface area contributed by atoms with Crippen molar-refractivity contribution >= 4 is 22.5 Å². The summed E-state index contributed by atoms with van der Waals surface area (Å²) in [7, 11) is 3.42. The highest BCUT2D eigenvalue weighted by Crippen LogP contribution is 2.21. The van der Waals surface area contributed by atoms with E-state index in [-0.39, 0.29) is 5.69 Å². The quantitative estimate of drug-likeness (QED) is 0.423. The zero-order valence-corrected chi connectivity index (χ0v) is 19.0. The topological polar surface area (TPSA) is 85.7 Å². The van der Waals surface area contributed by atoms with E-state index in [0.717, 1.165) is 38.5 Å². The zero-order chi connectivity index (χ0) is 22.9. The molecule has 5 rings (SSSR count). The van der Waals surface area contributed by atoms with Gasteiger partial charge in [0.15, 0.2) is 11.3 Å². The van der Waals surface area contributed by atoms with Crippen molar-refractivity contribution in [2.45, 2.75) is 13.5 Å². The molecule has 0 amide bonds. The Labute approximate surface area is 191 Å². The largest absolute Gasteiger partial charge is 0.497 e. The smallest absolute Gasteiger partial charge is 0.330 e. The number of hydrogen-bond acceptors (Lipinski definition) is 7. The van der Waals surface area contributed by atoms with E-state index in [1.165, 1.54) is 5.69 Å². The minimum Gasteiger partial charge on any atom is -0.497 e. The Morgan fingerprint density at radius 2 is 1.82 bits per heavy atom. The molecule has 33 heavy (non-hydrogen) atoms. The average molecular weight is 447 g/mol. The molecule has 1 saturated heterocycles. The molecule has 170 valence electrons. The van der Waals surface area contributed by atoms with Crippen LogP contribution in [0.2, 0.25) is 0 Å². The van der Waals surface area contributed by atoms with Crippen LogP contribution in [-0.2, 0) is 13.6 Å². The Kier molecular flexibility index (Phi) is 5.48. The Morgan fingerprint density at radius 3 is 2.52 bits per heavy atom. The molecule has 0 radical (unpaired) electrons. The van der Waals surface area contributed by atoms with E-state index >= 15 is 0 Å². The third-order valence-corrected chi connectivity index (χ3v) is 6.14. The van der Waals surface area contributed by atoms with Gasteiger partial charge in [-0.05, 0) is 37.1 Å². The van der Waals surface area contributed by atoms with Crippen molar-refractivity contribution in [1.82, 2.24) is 33.6 Å². The minimum absolute atomic E-state index is 0.103. The van der Waals surface area contributed by atoms with Crippen LogP contribution in [0.3, 0.4) is 0 Å². The highest BCUT2D eigenvalue weighted by Gasteiger charge is 2.20. The number of nitrogens with zero attached hydrogens (tertiary/aromatic N) is 8. The molecule has 3 aromatic heterocycles. The monoisotopic (exact) mass is 446 g/mol. The predicted molar refractivity (Wildman–Crippen MR) is 126 cm³/mol. The maximum atomic E-state index is 13.0. The predicted octanol–water partition coefficient (Wildman–Crippen LogP) is 0.980. The minimum atomic E-state index is -0.103. The van der Waals surface area contributed by atoms with Crippen molar-refractivity contribution in [3.63, 3.8) is 0 Å². The van der Waals surface area contributed by atoms with Crippen LogP contribution in [-0.4, -0.2) is 73.4 Å². The second kappa shape index (κ2) is 8.60. The summed E-state index contributed by atoms with van der Waals surface area (Å²) in [6.07, 6.45) is 1.59. The van der Waals surface area contributed by atoms with Gasteiger partial charge in [-0.25, -0.2) is 9.78 Å². The second-order valence-electron chi connectivity index (χ2n) is 8.02. The molecular formula is C23H26N8O2. The summed E-state index contributed by atoms with van der Waals surface area (Å²) in [5.41, 5.74) is 2.98. The number of aromatic nitrogens is 6. The van der Waals surface area contributed by atoms with Gasteiger partial charge in [0.2, 0.25) is 5.82 Å². The maximum absolute atomic E-state index is 13.0. The van der Waals surface area contributed by atoms with Crippen molar-refractivity contribution in [2.24, 2.45) is 7.05 Å². The van der Waals surface area contributed by atoms with E-state index in [0.29, 0.717) is 29.2 Å². The van der Waals surface area contributed by atoms with Crippen LogP contribution < -0.4 is 15.3 Å². The number of aryl methyl sites for hydroxylation is 1. The van der Waals surface area contributed by atoms with Gasteiger partial charge in [0.25, 0.3) is 0 Å². The lowest BCUT2D eigenvalue weighted by Crippen LogP contribution is -2.47. The molecule has 1 fully saturated rings. The van der Waals surface area contributed by atoms with Gasteiger partial charge in [0, 0.05) is 52.0 Å². The molecule has 0 unspecified atom stereocenters. The molecule has 0 aliphatic carbocycles. The number of rotatable bonds is 5. The van der Waals surface area contributed by atoms with Crippen molar-refractivity contribution in [3.05, 3.63) is 46.9 Å². The van der Waals surface area contributed by atoms with Crippen LogP contribution in [0.25, 0.3) is 16.8 Å². The number of imidazole rings is 1. The summed E-state index contributed by atoms with van der Waals surface area (Å²) in [5, 5.41) is 4.32. The zero-order valence-electron chi connectivity index (χ0n) is 19.0. The number of hydrogen-bond donors (Lipinski definition) is 0. The Bertz CT molecular complexity index is 1410. The van der Waals surface area contributed by atoms with Gasteiger partial charge >= 0.3 is 5.69 Å². The molecule has 4 heterocycles. The number of methoxy groups -OCH3 is 1. The molecule has 0 spiro atoms. The molecule has 0 saturated carbocycles. The van der Waals surface area contributed by atoms with Gasteiger partial charge in [0.05, 0.1) is 7.11 Å². The molecule has 4 aromatic rings. The summed E-state index contributed by atoms with van der Waals surface area (Å²) in [5.74, 6) is 6.95. The first-order valence-corrected chi connectivity index (χ1v) is 10.9. The van der Waals surface area contributed by atoms with Gasteiger partial charge < -0.3 is 9.64 Å². The molecule has 10 heteroatoms. The summed E-state index contributed by atoms with van der Waals surface area (Å²) >= 11 is 0. The molecule has 0 N–H and O–H groups in total. The van der Waals surface area contributed by atoms with Crippen LogP contribution in [0.15, 0.2) is 35.4 Å². The fraction of sp³-hybridized carbons (Fsp3) is 0.391. The first kappa shape index (κ1) is 21.0. The molecule has 0 atom stereocenters. The number of fused-ring (bicyclic) bond motifs is 3. The van der Waals surface area contributed by atoms with Crippen LogP contribution >= 0.6 is 0 Å². The third kappa shape index (κ3) is 3.81. The van der Waals surface area contributed by atoms with Gasteiger partial charge in [-0.3, -0.25) is 14.0 Å². The molecular weight excluding hydrogens is 420 g/mol. The molecule has 10 nitrogen and oxygen atoms in total. The van der Waals surface area contributed by atoms with Gasteiger partial charge in [-0.2, -0.15) is 9.50 Å². The van der Waals surface area contributed by atoms with E-state index < -0.39 is 0 Å². The van der Waals surface area contributed by atoms with E-state index in [1.54, 1.807) is 41.1 Å². The normalized spacial score (nSPS) is 14.6. The van der Waals surface area contributed by atoms with Crippen LogP contribution in [0, 0.1) is 11.8 Å². The number of piperazine rings is 1. The molecule has 1 aliphatic heterocycles. The fourth-order valence-corrected chi connectivity index (χ4v) is 4.33. The lowest BCUT2D eigenvalue weighted by Gasteiger charge is -2.36. The van der Waals surface area contributed by atoms with Crippen molar-refractivity contribution in [1.29, 1.82) is 0 Å². The van der Waals surface area contributed by atoms with E-state index in [9.17, 15) is 4.79 Å². The maximum Gasteiger partial charge on any atom is 0.330 e. The summed E-state index contributed by atoms with van der Waals surface area (Å²) in [6.45, 7) is 6.84. The third-order valence-electron chi connectivity index (χ3n) is 6.14. The molecule has 1 aromatic carbocycles. The van der Waals surface area contributed by atoms with Crippen molar-refractivity contribution < 1.29 is 4.74 Å². The van der Waals surface area contributed by atoms with Crippen molar-refractivity contribution in [2.75, 3.05) is 44.7 Å². The van der Waals surface area contributed by atoms with Gasteiger partial charge in [-0.15, -0.1) is 5.10 Å². The molecule has 1 aliphatic rings. The van der Waals surface area contributed by atoms with E-state index in [1.807, 2.05) is 12.1 Å². The summed E-state index contributed by atoms with van der Waals surface area (Å²) < 4.78 is 10.1. The van der Waals surface area contributed by atoms with Crippen molar-refractivity contribution in [3.8, 4) is 17.6 Å². The first-order valence-electron chi connectivity index (χ1n) is 10.9. The summed E-state index contributed by atoms with van der Waals surface area (Å²) in [6, 6.07) is 8.18. The Balaban J connectivity index is 1.31. The van der Waals surface area contributed by atoms with Gasteiger partial charge in [-0.1, -0.05) is 5.92 Å². The number of anilines is 1. The Hall–Kier alpha value is -3.84. The lowest BCUT2D eigenvalue weighted by atomic mass is 10.2. The van der Waals surface area contributed by atoms with Crippen LogP contribution in [0.1, 0.15) is 12.7 Å². The summed E-state index contributed by atoms with van der Waals surface area (Å²) in [4.78, 5) is 26.7. The van der Waals surface area contributed by atoms with Crippen LogP contribution in [0.5, 0.6) is 5.75 Å².